The molecule has 0 unspecified atom stereocenters. The van der Waals surface area contributed by atoms with Crippen LogP contribution >= 0.6 is 11.5 Å². The van der Waals surface area contributed by atoms with E-state index in [1.54, 1.807) is 0 Å². The fourth-order valence-corrected chi connectivity index (χ4v) is 2.19. The summed E-state index contributed by atoms with van der Waals surface area (Å²) >= 11 is 1.42. The third-order valence-corrected chi connectivity index (χ3v) is 3.31. The van der Waals surface area contributed by atoms with E-state index in [4.69, 9.17) is 0 Å². The molecular formula is C13H18N4S. The summed E-state index contributed by atoms with van der Waals surface area (Å²) in [5, 5.41) is 7.22. The van der Waals surface area contributed by atoms with Crippen LogP contribution in [0.4, 0.5) is 5.13 Å². The Morgan fingerprint density at radius 1 is 1.17 bits per heavy atom. The molecule has 0 fully saturated rings. The molecule has 5 heteroatoms. The van der Waals surface area contributed by atoms with Crippen LogP contribution in [0.2, 0.25) is 0 Å². The van der Waals surface area contributed by atoms with Gasteiger partial charge in [0, 0.05) is 31.0 Å². The average molecular weight is 262 g/mol. The zero-order valence-corrected chi connectivity index (χ0v) is 11.5. The molecule has 18 heavy (non-hydrogen) atoms. The number of hydrogen-bond acceptors (Lipinski definition) is 5. The first kappa shape index (κ1) is 13.0. The van der Waals surface area contributed by atoms with Gasteiger partial charge in [-0.15, -0.1) is 0 Å². The quantitative estimate of drug-likeness (QED) is 0.783. The molecular weight excluding hydrogens is 244 g/mol. The van der Waals surface area contributed by atoms with Gasteiger partial charge in [0.25, 0.3) is 0 Å². The number of rotatable bonds is 6. The lowest BCUT2D eigenvalue weighted by Gasteiger charge is -2.00. The van der Waals surface area contributed by atoms with Gasteiger partial charge in [-0.3, -0.25) is 0 Å². The van der Waals surface area contributed by atoms with Gasteiger partial charge >= 0.3 is 0 Å². The minimum atomic E-state index is 0.796. The normalized spacial score (nSPS) is 10.6. The zero-order valence-electron chi connectivity index (χ0n) is 10.7. The highest BCUT2D eigenvalue weighted by Crippen LogP contribution is 2.14. The number of anilines is 1. The van der Waals surface area contributed by atoms with E-state index in [2.05, 4.69) is 51.2 Å². The lowest BCUT2D eigenvalue weighted by atomic mass is 10.1. The van der Waals surface area contributed by atoms with Crippen LogP contribution in [0.15, 0.2) is 24.3 Å². The predicted octanol–water partition coefficient (Wildman–Crippen LogP) is 2.07. The second-order valence-electron chi connectivity index (χ2n) is 4.21. The van der Waals surface area contributed by atoms with Gasteiger partial charge < -0.3 is 10.6 Å². The Bertz CT molecular complexity index is 478. The lowest BCUT2D eigenvalue weighted by molar-refractivity contribution is 0.822. The van der Waals surface area contributed by atoms with E-state index in [-0.39, 0.29) is 0 Å². The number of benzene rings is 1. The van der Waals surface area contributed by atoms with Gasteiger partial charge in [0.05, 0.1) is 0 Å². The summed E-state index contributed by atoms with van der Waals surface area (Å²) in [4.78, 5) is 4.47. The highest BCUT2D eigenvalue weighted by molar-refractivity contribution is 7.09. The molecule has 0 aliphatic heterocycles. The molecule has 0 radical (unpaired) electrons. The van der Waals surface area contributed by atoms with E-state index in [0.29, 0.717) is 0 Å². The van der Waals surface area contributed by atoms with Crippen molar-refractivity contribution in [1.29, 1.82) is 0 Å². The third-order valence-electron chi connectivity index (χ3n) is 2.60. The summed E-state index contributed by atoms with van der Waals surface area (Å²) < 4.78 is 4.36. The maximum atomic E-state index is 4.47. The second kappa shape index (κ2) is 6.47. The molecule has 0 saturated heterocycles. The van der Waals surface area contributed by atoms with Crippen LogP contribution in [0.5, 0.6) is 0 Å². The Kier molecular flexibility index (Phi) is 4.66. The molecule has 1 heterocycles. The molecule has 2 aromatic rings. The van der Waals surface area contributed by atoms with Gasteiger partial charge in [0.2, 0.25) is 5.13 Å². The van der Waals surface area contributed by atoms with E-state index in [0.717, 1.165) is 30.5 Å². The van der Waals surface area contributed by atoms with Crippen molar-refractivity contribution in [1.82, 2.24) is 14.7 Å². The molecule has 4 nitrogen and oxygen atoms in total. The van der Waals surface area contributed by atoms with E-state index in [9.17, 15) is 0 Å². The van der Waals surface area contributed by atoms with Crippen LogP contribution in [-0.4, -0.2) is 29.5 Å². The van der Waals surface area contributed by atoms with E-state index in [1.807, 2.05) is 7.05 Å². The number of aromatic nitrogens is 2. The number of nitrogens with zero attached hydrogens (tertiary/aromatic N) is 2. The van der Waals surface area contributed by atoms with Gasteiger partial charge in [-0.1, -0.05) is 29.8 Å². The molecule has 0 atom stereocenters. The van der Waals surface area contributed by atoms with Crippen molar-refractivity contribution in [2.45, 2.75) is 13.3 Å². The summed E-state index contributed by atoms with van der Waals surface area (Å²) in [6, 6.07) is 8.50. The van der Waals surface area contributed by atoms with Crippen molar-refractivity contribution < 1.29 is 0 Å². The van der Waals surface area contributed by atoms with Crippen molar-refractivity contribution in [2.24, 2.45) is 0 Å². The lowest BCUT2D eigenvalue weighted by Crippen LogP contribution is -2.17. The molecule has 1 aromatic carbocycles. The molecule has 0 amide bonds. The SMILES string of the molecule is CNCCNc1nc(Cc2ccc(C)cc2)ns1. The first-order valence-corrected chi connectivity index (χ1v) is 6.82. The summed E-state index contributed by atoms with van der Waals surface area (Å²) in [5.74, 6) is 0.885. The van der Waals surface area contributed by atoms with Gasteiger partial charge in [0.15, 0.2) is 0 Å². The smallest absolute Gasteiger partial charge is 0.202 e. The Balaban J connectivity index is 1.91. The van der Waals surface area contributed by atoms with Crippen LogP contribution in [-0.2, 0) is 6.42 Å². The van der Waals surface area contributed by atoms with Crippen LogP contribution in [0.3, 0.4) is 0 Å². The Morgan fingerprint density at radius 3 is 2.67 bits per heavy atom. The Morgan fingerprint density at radius 2 is 1.94 bits per heavy atom. The van der Waals surface area contributed by atoms with E-state index >= 15 is 0 Å². The van der Waals surface area contributed by atoms with Crippen LogP contribution in [0.25, 0.3) is 0 Å². The molecule has 0 spiro atoms. The zero-order chi connectivity index (χ0) is 12.8. The molecule has 0 bridgehead atoms. The fourth-order valence-electron chi connectivity index (χ4n) is 1.58. The third kappa shape index (κ3) is 3.78. The minimum Gasteiger partial charge on any atom is -0.359 e. The summed E-state index contributed by atoms with van der Waals surface area (Å²) in [7, 11) is 1.94. The number of likely N-dealkylation sites (N-methyl/N-ethyl adjacent to an activating group) is 1. The molecule has 2 N–H and O–H groups in total. The van der Waals surface area contributed by atoms with Crippen molar-refractivity contribution in [3.8, 4) is 0 Å². The Labute approximate surface area is 112 Å². The minimum absolute atomic E-state index is 0.796. The van der Waals surface area contributed by atoms with Crippen molar-refractivity contribution >= 4 is 16.7 Å². The maximum Gasteiger partial charge on any atom is 0.202 e. The van der Waals surface area contributed by atoms with Crippen LogP contribution in [0, 0.1) is 6.92 Å². The molecule has 1 aromatic heterocycles. The molecule has 96 valence electrons. The molecule has 2 rings (SSSR count). The highest BCUT2D eigenvalue weighted by Gasteiger charge is 2.04. The van der Waals surface area contributed by atoms with Gasteiger partial charge in [0.1, 0.15) is 5.82 Å². The summed E-state index contributed by atoms with van der Waals surface area (Å²) in [6.45, 7) is 3.89. The Hall–Kier alpha value is -1.46. The fraction of sp³-hybridized carbons (Fsp3) is 0.385. The highest BCUT2D eigenvalue weighted by atomic mass is 32.1. The largest absolute Gasteiger partial charge is 0.359 e. The number of aryl methyl sites for hydroxylation is 1. The van der Waals surface area contributed by atoms with Crippen molar-refractivity contribution in [3.05, 3.63) is 41.2 Å². The molecule has 0 aliphatic rings. The van der Waals surface area contributed by atoms with Gasteiger partial charge in [-0.25, -0.2) is 4.98 Å². The van der Waals surface area contributed by atoms with E-state index < -0.39 is 0 Å². The van der Waals surface area contributed by atoms with Crippen LogP contribution < -0.4 is 10.6 Å². The van der Waals surface area contributed by atoms with Crippen molar-refractivity contribution in [2.75, 3.05) is 25.5 Å². The first-order chi connectivity index (χ1) is 8.78. The van der Waals surface area contributed by atoms with Gasteiger partial charge in [-0.05, 0) is 19.5 Å². The second-order valence-corrected chi connectivity index (χ2v) is 4.96. The maximum absolute atomic E-state index is 4.47. The number of hydrogen-bond donors (Lipinski definition) is 2. The molecule has 0 aliphatic carbocycles. The summed E-state index contributed by atoms with van der Waals surface area (Å²) in [6.07, 6.45) is 0.796. The topological polar surface area (TPSA) is 49.8 Å². The average Bonchev–Trinajstić information content (AvgIpc) is 2.80. The molecule has 0 saturated carbocycles. The monoisotopic (exact) mass is 262 g/mol. The standard InChI is InChI=1S/C13H18N4S/c1-10-3-5-11(6-4-10)9-12-16-13(18-17-12)15-8-7-14-2/h3-6,14H,7-9H2,1-2H3,(H,15,16,17). The predicted molar refractivity (Wildman–Crippen MR) is 76.3 cm³/mol. The van der Waals surface area contributed by atoms with Crippen LogP contribution in [0.1, 0.15) is 17.0 Å². The summed E-state index contributed by atoms with van der Waals surface area (Å²) in [5.41, 5.74) is 2.53. The first-order valence-electron chi connectivity index (χ1n) is 6.04. The number of nitrogens with one attached hydrogen (secondary N) is 2. The van der Waals surface area contributed by atoms with Crippen molar-refractivity contribution in [3.63, 3.8) is 0 Å². The van der Waals surface area contributed by atoms with Gasteiger partial charge in [-0.2, -0.15) is 4.37 Å². The van der Waals surface area contributed by atoms with E-state index in [1.165, 1.54) is 22.7 Å².